The monoisotopic (exact) mass is 491 g/mol. The smallest absolute Gasteiger partial charge is 0.341 e. The van der Waals surface area contributed by atoms with Gasteiger partial charge >= 0.3 is 5.97 Å². The van der Waals surface area contributed by atoms with Crippen molar-refractivity contribution in [3.63, 3.8) is 0 Å². The number of rotatable bonds is 4. The van der Waals surface area contributed by atoms with Crippen LogP contribution in [0.1, 0.15) is 29.3 Å². The molecule has 9 heteroatoms. The van der Waals surface area contributed by atoms with Crippen LogP contribution in [0.15, 0.2) is 70.8 Å². The lowest BCUT2D eigenvalue weighted by Gasteiger charge is -2.35. The normalized spacial score (nSPS) is 18.4. The number of halogens is 1. The van der Waals surface area contributed by atoms with Gasteiger partial charge in [0.1, 0.15) is 16.7 Å². The molecule has 3 aromatic rings. The Hall–Kier alpha value is -4.04. The minimum atomic E-state index is -1.84. The summed E-state index contributed by atoms with van der Waals surface area (Å²) in [6, 6.07) is 15.7. The van der Waals surface area contributed by atoms with Gasteiger partial charge in [-0.1, -0.05) is 41.9 Å². The van der Waals surface area contributed by atoms with E-state index >= 15 is 0 Å². The zero-order chi connectivity index (χ0) is 24.9. The Balaban J connectivity index is 1.82. The molecule has 2 aliphatic heterocycles. The first-order valence-corrected chi connectivity index (χ1v) is 11.4. The number of carbonyl (C=O) groups is 2. The van der Waals surface area contributed by atoms with Crippen LogP contribution in [0.2, 0.25) is 5.02 Å². The molecule has 2 aromatic carbocycles. The maximum Gasteiger partial charge on any atom is 0.341 e. The van der Waals surface area contributed by atoms with Crippen molar-refractivity contribution in [3.8, 4) is 5.75 Å². The van der Waals surface area contributed by atoms with Gasteiger partial charge in [0.25, 0.3) is 5.56 Å². The van der Waals surface area contributed by atoms with Gasteiger partial charge < -0.3 is 25.1 Å². The van der Waals surface area contributed by atoms with Gasteiger partial charge in [0, 0.05) is 28.0 Å². The molecule has 1 unspecified atom stereocenters. The first-order valence-electron chi connectivity index (χ1n) is 11.0. The highest BCUT2D eigenvalue weighted by molar-refractivity contribution is 6.30. The lowest BCUT2D eigenvalue weighted by atomic mass is 9.68. The van der Waals surface area contributed by atoms with Crippen molar-refractivity contribution in [1.82, 2.24) is 4.98 Å². The molecule has 178 valence electrons. The van der Waals surface area contributed by atoms with E-state index in [0.29, 0.717) is 22.0 Å². The number of aromatic nitrogens is 1. The Morgan fingerprint density at radius 3 is 2.60 bits per heavy atom. The van der Waals surface area contributed by atoms with E-state index in [0.717, 1.165) is 5.56 Å². The quantitative estimate of drug-likeness (QED) is 0.541. The molecule has 5 rings (SSSR count). The van der Waals surface area contributed by atoms with Crippen LogP contribution in [-0.2, 0) is 26.3 Å². The van der Waals surface area contributed by atoms with Gasteiger partial charge in [-0.15, -0.1) is 0 Å². The van der Waals surface area contributed by atoms with E-state index in [1.54, 1.807) is 61.2 Å². The minimum absolute atomic E-state index is 0.00332. The van der Waals surface area contributed by atoms with E-state index in [1.165, 1.54) is 0 Å². The summed E-state index contributed by atoms with van der Waals surface area (Å²) >= 11 is 6.04. The van der Waals surface area contributed by atoms with Gasteiger partial charge in [-0.2, -0.15) is 0 Å². The number of H-pyrrole nitrogens is 1. The Labute approximate surface area is 205 Å². The lowest BCUT2D eigenvalue weighted by molar-refractivity contribution is -0.140. The third-order valence-corrected chi connectivity index (χ3v) is 6.50. The number of aromatic amines is 1. The van der Waals surface area contributed by atoms with E-state index in [4.69, 9.17) is 26.8 Å². The number of hydrogen-bond acceptors (Lipinski definition) is 6. The van der Waals surface area contributed by atoms with Crippen LogP contribution in [0.25, 0.3) is 0 Å². The summed E-state index contributed by atoms with van der Waals surface area (Å²) in [6.45, 7) is 3.57. The second-order valence-corrected chi connectivity index (χ2v) is 8.80. The standard InChI is InChI=1S/C26H22ClN3O5/c1-3-34-24(32)21-22(28)35-19-12-14(2)29-23(31)20(19)26(21)17-6-4-5-7-18(17)30(25(26)33)13-15-8-10-16(27)11-9-15/h4-12H,3,13,28H2,1-2H3,(H,29,31). The molecular weight excluding hydrogens is 470 g/mol. The Kier molecular flexibility index (Phi) is 5.40. The summed E-state index contributed by atoms with van der Waals surface area (Å²) < 4.78 is 11.0. The molecule has 1 amide bonds. The van der Waals surface area contributed by atoms with Crippen LogP contribution in [0.5, 0.6) is 5.75 Å². The molecule has 3 N–H and O–H groups in total. The van der Waals surface area contributed by atoms with Crippen LogP contribution < -0.4 is 20.9 Å². The lowest BCUT2D eigenvalue weighted by Crippen LogP contribution is -2.51. The number of ether oxygens (including phenoxy) is 2. The van der Waals surface area contributed by atoms with E-state index < -0.39 is 22.9 Å². The van der Waals surface area contributed by atoms with Crippen LogP contribution in [0, 0.1) is 6.92 Å². The van der Waals surface area contributed by atoms with Gasteiger partial charge in [0.2, 0.25) is 11.8 Å². The molecule has 0 bridgehead atoms. The van der Waals surface area contributed by atoms with Crippen molar-refractivity contribution in [2.24, 2.45) is 5.73 Å². The van der Waals surface area contributed by atoms with Gasteiger partial charge in [-0.3, -0.25) is 9.59 Å². The molecule has 35 heavy (non-hydrogen) atoms. The highest BCUT2D eigenvalue weighted by Gasteiger charge is 2.62. The number of carbonyl (C=O) groups excluding carboxylic acids is 2. The average Bonchev–Trinajstić information content (AvgIpc) is 3.03. The predicted octanol–water partition coefficient (Wildman–Crippen LogP) is 3.30. The molecule has 8 nitrogen and oxygen atoms in total. The number of para-hydroxylation sites is 1. The van der Waals surface area contributed by atoms with Crippen LogP contribution in [0.4, 0.5) is 5.69 Å². The number of nitrogens with one attached hydrogen (secondary N) is 1. The molecule has 0 radical (unpaired) electrons. The third-order valence-electron chi connectivity index (χ3n) is 6.25. The maximum atomic E-state index is 14.5. The number of fused-ring (bicyclic) bond motifs is 4. The summed E-state index contributed by atoms with van der Waals surface area (Å²) in [6.07, 6.45) is 0. The number of hydrogen-bond donors (Lipinski definition) is 2. The number of aryl methyl sites for hydroxylation is 1. The summed E-state index contributed by atoms with van der Waals surface area (Å²) in [5.74, 6) is -1.49. The Bertz CT molecular complexity index is 1460. The van der Waals surface area contributed by atoms with Crippen molar-refractivity contribution >= 4 is 29.2 Å². The Morgan fingerprint density at radius 2 is 1.89 bits per heavy atom. The molecule has 3 heterocycles. The summed E-state index contributed by atoms with van der Waals surface area (Å²) in [4.78, 5) is 45.4. The van der Waals surface area contributed by atoms with Gasteiger partial charge in [0.05, 0.1) is 18.7 Å². The number of pyridine rings is 1. The molecule has 0 saturated heterocycles. The number of amides is 1. The fraction of sp³-hybridized carbons (Fsp3) is 0.192. The van der Waals surface area contributed by atoms with E-state index in [9.17, 15) is 14.4 Å². The molecule has 1 atom stereocenters. The molecule has 0 fully saturated rings. The number of anilines is 1. The molecule has 0 saturated carbocycles. The van der Waals surface area contributed by atoms with Crippen LogP contribution in [-0.4, -0.2) is 23.5 Å². The number of esters is 1. The average molecular weight is 492 g/mol. The summed E-state index contributed by atoms with van der Waals surface area (Å²) in [5.41, 5.74) is 6.00. The number of benzene rings is 2. The molecule has 2 aliphatic rings. The third kappa shape index (κ3) is 3.32. The highest BCUT2D eigenvalue weighted by Crippen LogP contribution is 2.54. The summed E-state index contributed by atoms with van der Waals surface area (Å²) in [7, 11) is 0. The highest BCUT2D eigenvalue weighted by atomic mass is 35.5. The van der Waals surface area contributed by atoms with Crippen LogP contribution in [0.3, 0.4) is 0 Å². The second-order valence-electron chi connectivity index (χ2n) is 8.37. The summed E-state index contributed by atoms with van der Waals surface area (Å²) in [5, 5.41) is 0.568. The van der Waals surface area contributed by atoms with E-state index in [-0.39, 0.29) is 35.9 Å². The number of nitrogens with zero attached hydrogens (tertiary/aromatic N) is 1. The zero-order valence-corrected chi connectivity index (χ0v) is 19.8. The molecule has 0 aliphatic carbocycles. The van der Waals surface area contributed by atoms with Gasteiger partial charge in [-0.05, 0) is 37.6 Å². The van der Waals surface area contributed by atoms with E-state index in [2.05, 4.69) is 4.98 Å². The molecule has 1 aromatic heterocycles. The SMILES string of the molecule is CCOC(=O)C1=C(N)Oc2cc(C)[nH]c(=O)c2C12C(=O)N(Cc1ccc(Cl)cc1)c1ccccc12. The Morgan fingerprint density at radius 1 is 1.17 bits per heavy atom. The zero-order valence-electron chi connectivity index (χ0n) is 19.1. The fourth-order valence-corrected chi connectivity index (χ4v) is 5.02. The number of nitrogens with two attached hydrogens (primary N) is 1. The van der Waals surface area contributed by atoms with Gasteiger partial charge in [-0.25, -0.2) is 4.79 Å². The molecular formula is C26H22ClN3O5. The van der Waals surface area contributed by atoms with Gasteiger partial charge in [0.15, 0.2) is 0 Å². The van der Waals surface area contributed by atoms with E-state index in [1.807, 2.05) is 12.1 Å². The maximum absolute atomic E-state index is 14.5. The van der Waals surface area contributed by atoms with Crippen molar-refractivity contribution in [1.29, 1.82) is 0 Å². The largest absolute Gasteiger partial charge is 0.462 e. The van der Waals surface area contributed by atoms with Crippen molar-refractivity contribution in [2.45, 2.75) is 25.8 Å². The first kappa shape index (κ1) is 22.7. The molecule has 1 spiro atoms. The van der Waals surface area contributed by atoms with Crippen molar-refractivity contribution < 1.29 is 19.1 Å². The topological polar surface area (TPSA) is 115 Å². The van der Waals surface area contributed by atoms with Crippen molar-refractivity contribution in [3.05, 3.63) is 104 Å². The fourth-order valence-electron chi connectivity index (χ4n) is 4.90. The predicted molar refractivity (Wildman–Crippen MR) is 130 cm³/mol. The van der Waals surface area contributed by atoms with Crippen LogP contribution >= 0.6 is 11.6 Å². The minimum Gasteiger partial charge on any atom is -0.462 e. The first-order chi connectivity index (χ1) is 16.8. The second kappa shape index (κ2) is 8.32. The van der Waals surface area contributed by atoms with Crippen molar-refractivity contribution in [2.75, 3.05) is 11.5 Å².